The molecule has 0 radical (unpaired) electrons. The maximum Gasteiger partial charge on any atom is 0.297 e. The van der Waals surface area contributed by atoms with Crippen LogP contribution in [-0.2, 0) is 10.1 Å². The maximum atomic E-state index is 11.0. The van der Waals surface area contributed by atoms with E-state index in [1.54, 1.807) is 0 Å². The third kappa shape index (κ3) is 2.10. The number of rotatable bonds is 2. The molecule has 7 nitrogen and oxygen atoms in total. The number of nitrogens with two attached hydrogens (primary N) is 1. The molecule has 0 fully saturated rings. The summed E-state index contributed by atoms with van der Waals surface area (Å²) in [4.78, 5) is 8.68. The van der Waals surface area contributed by atoms with Gasteiger partial charge in [-0.1, -0.05) is 0 Å². The van der Waals surface area contributed by atoms with Crippen molar-refractivity contribution in [3.05, 3.63) is 21.7 Å². The van der Waals surface area contributed by atoms with E-state index in [2.05, 4.69) is 12.6 Å². The highest BCUT2D eigenvalue weighted by atomic mass is 32.2. The van der Waals surface area contributed by atoms with Crippen LogP contribution in [0.4, 0.5) is 11.4 Å². The second-order valence-electron chi connectivity index (χ2n) is 3.04. The topological polar surface area (TPSA) is 124 Å². The Labute approximate surface area is 96.6 Å². The lowest BCUT2D eigenvalue weighted by Gasteiger charge is -2.08. The van der Waals surface area contributed by atoms with Gasteiger partial charge in [-0.3, -0.25) is 14.7 Å². The zero-order valence-corrected chi connectivity index (χ0v) is 9.75. The highest BCUT2D eigenvalue weighted by Gasteiger charge is 2.27. The van der Waals surface area contributed by atoms with Crippen LogP contribution in [0.2, 0.25) is 0 Å². The summed E-state index contributed by atoms with van der Waals surface area (Å²) in [5, 5.41) is 10.7. The third-order valence-corrected chi connectivity index (χ3v) is 3.43. The normalized spacial score (nSPS) is 11.4. The monoisotopic (exact) mass is 264 g/mol. The zero-order chi connectivity index (χ0) is 12.7. The van der Waals surface area contributed by atoms with Crippen LogP contribution in [0, 0.1) is 17.0 Å². The van der Waals surface area contributed by atoms with E-state index in [0.717, 1.165) is 6.07 Å². The molecule has 0 aliphatic heterocycles. The van der Waals surface area contributed by atoms with Crippen molar-refractivity contribution in [2.75, 3.05) is 5.73 Å². The van der Waals surface area contributed by atoms with Crippen LogP contribution in [0.1, 0.15) is 5.56 Å². The highest BCUT2D eigenvalue weighted by Crippen LogP contribution is 2.36. The van der Waals surface area contributed by atoms with E-state index in [4.69, 9.17) is 10.3 Å². The fourth-order valence-electron chi connectivity index (χ4n) is 1.30. The van der Waals surface area contributed by atoms with Gasteiger partial charge in [0, 0.05) is 5.56 Å². The SMILES string of the molecule is Cc1cc(N)c(S(=O)(=O)O)c(S)c1[N+](=O)[O-]. The van der Waals surface area contributed by atoms with Gasteiger partial charge in [-0.05, 0) is 13.0 Å². The van der Waals surface area contributed by atoms with E-state index in [-0.39, 0.29) is 11.3 Å². The van der Waals surface area contributed by atoms with Gasteiger partial charge in [-0.15, -0.1) is 12.6 Å². The van der Waals surface area contributed by atoms with Crippen LogP contribution in [0.15, 0.2) is 15.9 Å². The van der Waals surface area contributed by atoms with Gasteiger partial charge in [0.2, 0.25) is 0 Å². The van der Waals surface area contributed by atoms with Crippen molar-refractivity contribution in [2.45, 2.75) is 16.7 Å². The van der Waals surface area contributed by atoms with Crippen LogP contribution < -0.4 is 5.73 Å². The molecule has 0 aliphatic rings. The molecule has 0 unspecified atom stereocenters. The van der Waals surface area contributed by atoms with E-state index in [1.807, 2.05) is 0 Å². The van der Waals surface area contributed by atoms with E-state index >= 15 is 0 Å². The standard InChI is InChI=1S/C7H8N2O5S2/c1-3-2-4(8)7(16(12,13)14)6(15)5(3)9(10)11/h2,15H,8H2,1H3,(H,12,13,14). The molecule has 0 aliphatic carbocycles. The number of nitrogen functional groups attached to an aromatic ring is 1. The van der Waals surface area contributed by atoms with Gasteiger partial charge < -0.3 is 5.73 Å². The van der Waals surface area contributed by atoms with Crippen molar-refractivity contribution < 1.29 is 17.9 Å². The van der Waals surface area contributed by atoms with Crippen molar-refractivity contribution in [3.8, 4) is 0 Å². The third-order valence-electron chi connectivity index (χ3n) is 1.89. The molecule has 16 heavy (non-hydrogen) atoms. The predicted octanol–water partition coefficient (Wildman–Crippen LogP) is 1.02. The average molecular weight is 264 g/mol. The number of nitro benzene ring substituents is 1. The van der Waals surface area contributed by atoms with Gasteiger partial charge >= 0.3 is 0 Å². The van der Waals surface area contributed by atoms with E-state index in [1.165, 1.54) is 6.92 Å². The molecule has 0 aromatic heterocycles. The van der Waals surface area contributed by atoms with Gasteiger partial charge in [-0.2, -0.15) is 8.42 Å². The smallest absolute Gasteiger partial charge is 0.297 e. The number of thiol groups is 1. The Morgan fingerprint density at radius 3 is 2.44 bits per heavy atom. The largest absolute Gasteiger partial charge is 0.398 e. The molecule has 1 aromatic rings. The lowest BCUT2D eigenvalue weighted by molar-refractivity contribution is -0.388. The summed E-state index contributed by atoms with van der Waals surface area (Å²) in [5.74, 6) is 0. The summed E-state index contributed by atoms with van der Waals surface area (Å²) in [6, 6.07) is 1.10. The predicted molar refractivity (Wildman–Crippen MR) is 59.3 cm³/mol. The van der Waals surface area contributed by atoms with E-state index in [0.29, 0.717) is 0 Å². The number of nitrogens with zero attached hydrogens (tertiary/aromatic N) is 1. The molecule has 9 heteroatoms. The van der Waals surface area contributed by atoms with Gasteiger partial charge in [0.15, 0.2) is 0 Å². The second kappa shape index (κ2) is 3.92. The fourth-order valence-corrected chi connectivity index (χ4v) is 2.73. The van der Waals surface area contributed by atoms with Crippen molar-refractivity contribution >= 4 is 34.1 Å². The number of anilines is 1. The molecule has 0 bridgehead atoms. The Morgan fingerprint density at radius 2 is 2.06 bits per heavy atom. The molecular formula is C7H8N2O5S2. The minimum atomic E-state index is -4.64. The summed E-state index contributed by atoms with van der Waals surface area (Å²) < 4.78 is 30.8. The van der Waals surface area contributed by atoms with Crippen molar-refractivity contribution in [3.63, 3.8) is 0 Å². The first kappa shape index (κ1) is 12.7. The van der Waals surface area contributed by atoms with Crippen molar-refractivity contribution in [1.82, 2.24) is 0 Å². The first-order valence-corrected chi connectivity index (χ1v) is 5.79. The van der Waals surface area contributed by atoms with Crippen molar-refractivity contribution in [2.24, 2.45) is 0 Å². The number of hydrogen-bond acceptors (Lipinski definition) is 6. The fraction of sp³-hybridized carbons (Fsp3) is 0.143. The number of benzene rings is 1. The van der Waals surface area contributed by atoms with Gasteiger partial charge in [0.1, 0.15) is 9.79 Å². The minimum Gasteiger partial charge on any atom is -0.398 e. The summed E-state index contributed by atoms with van der Waals surface area (Å²) in [6.45, 7) is 1.39. The van der Waals surface area contributed by atoms with Crippen LogP contribution in [0.25, 0.3) is 0 Å². The van der Waals surface area contributed by atoms with Crippen LogP contribution in [0.3, 0.4) is 0 Å². The Balaban J connectivity index is 3.79. The lowest BCUT2D eigenvalue weighted by Crippen LogP contribution is -2.07. The molecule has 0 atom stereocenters. The van der Waals surface area contributed by atoms with Gasteiger partial charge in [0.05, 0.1) is 10.6 Å². The molecule has 3 N–H and O–H groups in total. The summed E-state index contributed by atoms with van der Waals surface area (Å²) in [5.41, 5.74) is 4.76. The Morgan fingerprint density at radius 1 is 1.56 bits per heavy atom. The second-order valence-corrected chi connectivity index (χ2v) is 4.85. The molecule has 0 saturated carbocycles. The minimum absolute atomic E-state index is 0.167. The molecule has 88 valence electrons. The summed E-state index contributed by atoms with van der Waals surface area (Å²) >= 11 is 3.72. The molecule has 0 saturated heterocycles. The zero-order valence-electron chi connectivity index (χ0n) is 8.04. The van der Waals surface area contributed by atoms with E-state index in [9.17, 15) is 18.5 Å². The first-order valence-electron chi connectivity index (χ1n) is 3.90. The molecule has 0 amide bonds. The average Bonchev–Trinajstić information content (AvgIpc) is 1.97. The lowest BCUT2D eigenvalue weighted by atomic mass is 10.2. The number of aryl methyl sites for hydroxylation is 1. The Kier molecular flexibility index (Phi) is 3.13. The van der Waals surface area contributed by atoms with Crippen LogP contribution in [-0.4, -0.2) is 17.9 Å². The van der Waals surface area contributed by atoms with Crippen LogP contribution in [0.5, 0.6) is 0 Å². The Hall–Kier alpha value is -1.32. The first-order chi connectivity index (χ1) is 7.16. The highest BCUT2D eigenvalue weighted by molar-refractivity contribution is 7.87. The van der Waals surface area contributed by atoms with Gasteiger partial charge in [-0.25, -0.2) is 0 Å². The van der Waals surface area contributed by atoms with E-state index < -0.39 is 30.5 Å². The molecule has 1 aromatic carbocycles. The van der Waals surface area contributed by atoms with Crippen molar-refractivity contribution in [1.29, 1.82) is 0 Å². The summed E-state index contributed by atoms with van der Waals surface area (Å²) in [6.07, 6.45) is 0. The molecule has 1 rings (SSSR count). The maximum absolute atomic E-state index is 11.0. The number of hydrogen-bond donors (Lipinski definition) is 3. The number of nitro groups is 1. The molecule has 0 spiro atoms. The molecule has 0 heterocycles. The Bertz CT molecular complexity index is 567. The molecular weight excluding hydrogens is 256 g/mol. The van der Waals surface area contributed by atoms with Crippen LogP contribution >= 0.6 is 12.6 Å². The van der Waals surface area contributed by atoms with Gasteiger partial charge in [0.25, 0.3) is 15.8 Å². The summed E-state index contributed by atoms with van der Waals surface area (Å²) in [7, 11) is -4.64. The quantitative estimate of drug-likeness (QED) is 0.241.